The molecule has 146 valence electrons. The third-order valence-electron chi connectivity index (χ3n) is 4.93. The number of aliphatic hydroxyl groups excluding tert-OH is 1. The average molecular weight is 403 g/mol. The van der Waals surface area contributed by atoms with E-state index in [1.54, 1.807) is 11.3 Å². The molecule has 2 amide bonds. The minimum absolute atomic E-state index is 0.152. The molecule has 0 saturated carbocycles. The predicted molar refractivity (Wildman–Crippen MR) is 119 cm³/mol. The maximum Gasteiger partial charge on any atom is 0.315 e. The molecule has 0 bridgehead atoms. The summed E-state index contributed by atoms with van der Waals surface area (Å²) in [6, 6.07) is 23.7. The SMILES string of the molecule is O=C(NCc1cccc2ccccc12)NCC(O)c1ccc(-c2ccsc2)cc1. The molecule has 4 rings (SSSR count). The highest BCUT2D eigenvalue weighted by Gasteiger charge is 2.10. The minimum Gasteiger partial charge on any atom is -0.387 e. The van der Waals surface area contributed by atoms with Gasteiger partial charge in [-0.15, -0.1) is 0 Å². The van der Waals surface area contributed by atoms with Crippen LogP contribution in [0.1, 0.15) is 17.2 Å². The molecule has 0 aliphatic carbocycles. The van der Waals surface area contributed by atoms with Crippen LogP contribution in [0, 0.1) is 0 Å². The molecule has 5 heteroatoms. The highest BCUT2D eigenvalue weighted by molar-refractivity contribution is 7.08. The molecule has 3 N–H and O–H groups in total. The molecule has 3 aromatic carbocycles. The summed E-state index contributed by atoms with van der Waals surface area (Å²) in [7, 11) is 0. The van der Waals surface area contributed by atoms with Gasteiger partial charge in [-0.25, -0.2) is 4.79 Å². The fraction of sp³-hybridized carbons (Fsp3) is 0.125. The number of benzene rings is 3. The molecule has 4 aromatic rings. The Bertz CT molecular complexity index is 1090. The number of hydrogen-bond acceptors (Lipinski definition) is 3. The van der Waals surface area contributed by atoms with Gasteiger partial charge >= 0.3 is 6.03 Å². The lowest BCUT2D eigenvalue weighted by Crippen LogP contribution is -2.37. The number of rotatable bonds is 6. The van der Waals surface area contributed by atoms with Crippen LogP contribution < -0.4 is 10.6 Å². The number of urea groups is 1. The number of carbonyl (C=O) groups is 1. The van der Waals surface area contributed by atoms with Crippen LogP contribution >= 0.6 is 11.3 Å². The van der Waals surface area contributed by atoms with Crippen molar-refractivity contribution in [1.29, 1.82) is 0 Å². The van der Waals surface area contributed by atoms with E-state index in [4.69, 9.17) is 0 Å². The molecule has 0 radical (unpaired) electrons. The topological polar surface area (TPSA) is 61.4 Å². The average Bonchev–Trinajstić information content (AvgIpc) is 3.31. The zero-order valence-corrected chi connectivity index (χ0v) is 16.7. The number of nitrogens with one attached hydrogen (secondary N) is 2. The maximum absolute atomic E-state index is 12.2. The monoisotopic (exact) mass is 402 g/mol. The number of hydrogen-bond donors (Lipinski definition) is 3. The van der Waals surface area contributed by atoms with Crippen molar-refractivity contribution in [3.63, 3.8) is 0 Å². The van der Waals surface area contributed by atoms with Gasteiger partial charge in [-0.1, -0.05) is 66.7 Å². The second-order valence-electron chi connectivity index (χ2n) is 6.85. The molecule has 4 nitrogen and oxygen atoms in total. The molecule has 0 aliphatic rings. The summed E-state index contributed by atoms with van der Waals surface area (Å²) < 4.78 is 0. The zero-order valence-electron chi connectivity index (χ0n) is 15.8. The molecule has 0 fully saturated rings. The van der Waals surface area contributed by atoms with Crippen molar-refractivity contribution in [1.82, 2.24) is 10.6 Å². The van der Waals surface area contributed by atoms with Gasteiger partial charge in [0.1, 0.15) is 0 Å². The number of thiophene rings is 1. The summed E-state index contributed by atoms with van der Waals surface area (Å²) >= 11 is 1.66. The van der Waals surface area contributed by atoms with Crippen molar-refractivity contribution in [2.75, 3.05) is 6.54 Å². The van der Waals surface area contributed by atoms with E-state index < -0.39 is 6.10 Å². The van der Waals surface area contributed by atoms with E-state index in [1.165, 1.54) is 5.56 Å². The molecular weight excluding hydrogens is 380 g/mol. The van der Waals surface area contributed by atoms with Crippen molar-refractivity contribution in [3.05, 3.63) is 94.7 Å². The van der Waals surface area contributed by atoms with E-state index in [-0.39, 0.29) is 12.6 Å². The molecule has 1 heterocycles. The molecule has 0 spiro atoms. The third-order valence-corrected chi connectivity index (χ3v) is 5.61. The van der Waals surface area contributed by atoms with Crippen LogP contribution in [0.15, 0.2) is 83.6 Å². The molecule has 29 heavy (non-hydrogen) atoms. The normalized spacial score (nSPS) is 11.9. The van der Waals surface area contributed by atoms with Crippen molar-refractivity contribution in [3.8, 4) is 11.1 Å². The lowest BCUT2D eigenvalue weighted by molar-refractivity contribution is 0.173. The van der Waals surface area contributed by atoms with Crippen molar-refractivity contribution < 1.29 is 9.90 Å². The van der Waals surface area contributed by atoms with Crippen molar-refractivity contribution in [2.45, 2.75) is 12.6 Å². The summed E-state index contributed by atoms with van der Waals surface area (Å²) in [5.74, 6) is 0. The summed E-state index contributed by atoms with van der Waals surface area (Å²) in [5, 5.41) is 22.4. The quantitative estimate of drug-likeness (QED) is 0.420. The Morgan fingerprint density at radius 1 is 0.897 bits per heavy atom. The van der Waals surface area contributed by atoms with Crippen LogP contribution in [-0.4, -0.2) is 17.7 Å². The van der Waals surface area contributed by atoms with E-state index in [0.717, 1.165) is 27.5 Å². The van der Waals surface area contributed by atoms with Gasteiger partial charge in [0.25, 0.3) is 0 Å². The zero-order chi connectivity index (χ0) is 20.1. The van der Waals surface area contributed by atoms with Crippen LogP contribution in [0.4, 0.5) is 4.79 Å². The Labute approximate surface area is 173 Å². The first-order chi connectivity index (χ1) is 14.2. The second kappa shape index (κ2) is 8.90. The van der Waals surface area contributed by atoms with Gasteiger partial charge in [-0.3, -0.25) is 0 Å². The second-order valence-corrected chi connectivity index (χ2v) is 7.63. The van der Waals surface area contributed by atoms with Crippen LogP contribution in [0.2, 0.25) is 0 Å². The van der Waals surface area contributed by atoms with E-state index >= 15 is 0 Å². The van der Waals surface area contributed by atoms with Gasteiger partial charge < -0.3 is 15.7 Å². The summed E-state index contributed by atoms with van der Waals surface area (Å²) in [6.45, 7) is 0.581. The number of amides is 2. The molecule has 1 unspecified atom stereocenters. The third kappa shape index (κ3) is 4.65. The van der Waals surface area contributed by atoms with Gasteiger partial charge in [-0.2, -0.15) is 11.3 Å². The summed E-state index contributed by atoms with van der Waals surface area (Å²) in [4.78, 5) is 12.2. The first kappa shape index (κ1) is 19.2. The molecule has 1 aromatic heterocycles. The largest absolute Gasteiger partial charge is 0.387 e. The fourth-order valence-electron chi connectivity index (χ4n) is 3.32. The Morgan fingerprint density at radius 2 is 1.69 bits per heavy atom. The Morgan fingerprint density at radius 3 is 2.48 bits per heavy atom. The number of aliphatic hydroxyl groups is 1. The van der Waals surface area contributed by atoms with Crippen molar-refractivity contribution >= 4 is 28.1 Å². The van der Waals surface area contributed by atoms with Crippen LogP contribution in [0.3, 0.4) is 0 Å². The summed E-state index contributed by atoms with van der Waals surface area (Å²) in [6.07, 6.45) is -0.755. The van der Waals surface area contributed by atoms with E-state index in [0.29, 0.717) is 6.54 Å². The lowest BCUT2D eigenvalue weighted by Gasteiger charge is -2.14. The first-order valence-corrected chi connectivity index (χ1v) is 10.4. The fourth-order valence-corrected chi connectivity index (χ4v) is 3.98. The smallest absolute Gasteiger partial charge is 0.315 e. The minimum atomic E-state index is -0.755. The van der Waals surface area contributed by atoms with Gasteiger partial charge in [0, 0.05) is 13.1 Å². The van der Waals surface area contributed by atoms with Gasteiger partial charge in [0.15, 0.2) is 0 Å². The predicted octanol–water partition coefficient (Wildman–Crippen LogP) is 5.10. The lowest BCUT2D eigenvalue weighted by atomic mass is 10.0. The van der Waals surface area contributed by atoms with Crippen LogP contribution in [0.5, 0.6) is 0 Å². The van der Waals surface area contributed by atoms with Gasteiger partial charge in [0.2, 0.25) is 0 Å². The standard InChI is InChI=1S/C24H22N2O2S/c27-23(19-10-8-17(9-11-19)21-12-13-29-16-21)15-26-24(28)25-14-20-6-3-5-18-4-1-2-7-22(18)20/h1-13,16,23,27H,14-15H2,(H2,25,26,28). The van der Waals surface area contributed by atoms with E-state index in [9.17, 15) is 9.90 Å². The molecule has 1 atom stereocenters. The van der Waals surface area contributed by atoms with Gasteiger partial charge in [0.05, 0.1) is 6.10 Å². The number of carbonyl (C=O) groups excluding carboxylic acids is 1. The van der Waals surface area contributed by atoms with E-state index in [1.807, 2.05) is 60.0 Å². The molecule has 0 aliphatic heterocycles. The highest BCUT2D eigenvalue weighted by Crippen LogP contribution is 2.24. The summed E-state index contributed by atoms with van der Waals surface area (Å²) in [5.41, 5.74) is 4.12. The van der Waals surface area contributed by atoms with Crippen LogP contribution in [0.25, 0.3) is 21.9 Å². The highest BCUT2D eigenvalue weighted by atomic mass is 32.1. The van der Waals surface area contributed by atoms with Crippen molar-refractivity contribution in [2.24, 2.45) is 0 Å². The number of fused-ring (bicyclic) bond motifs is 1. The Hall–Kier alpha value is -3.15. The van der Waals surface area contributed by atoms with Crippen LogP contribution in [-0.2, 0) is 6.54 Å². The van der Waals surface area contributed by atoms with E-state index in [2.05, 4.69) is 34.2 Å². The maximum atomic E-state index is 12.2. The Kier molecular flexibility index (Phi) is 5.89. The first-order valence-electron chi connectivity index (χ1n) is 9.49. The van der Waals surface area contributed by atoms with Gasteiger partial charge in [-0.05, 0) is 49.9 Å². The molecular formula is C24H22N2O2S. The Balaban J connectivity index is 1.30. The molecule has 0 saturated heterocycles.